The maximum absolute atomic E-state index is 12.6. The lowest BCUT2D eigenvalue weighted by molar-refractivity contribution is -0.127. The lowest BCUT2D eigenvalue weighted by atomic mass is 9.87. The summed E-state index contributed by atoms with van der Waals surface area (Å²) in [5.74, 6) is 2.27. The molecule has 1 aliphatic rings. The number of likely N-dealkylation sites (tertiary alicyclic amines) is 1. The zero-order valence-electron chi connectivity index (χ0n) is 19.8. The third kappa shape index (κ3) is 4.82. The van der Waals surface area contributed by atoms with Crippen LogP contribution in [0.5, 0.6) is 5.75 Å². The lowest BCUT2D eigenvalue weighted by Gasteiger charge is -2.19. The van der Waals surface area contributed by atoms with Crippen LogP contribution >= 0.6 is 0 Å². The first-order valence-electron chi connectivity index (χ1n) is 11.8. The Hall–Kier alpha value is -2.82. The number of carbonyl (C=O) groups excluding carboxylic acids is 1. The molecule has 1 aromatic heterocycles. The van der Waals surface area contributed by atoms with Gasteiger partial charge in [-0.1, -0.05) is 58.4 Å². The molecule has 1 unspecified atom stereocenters. The van der Waals surface area contributed by atoms with Crippen molar-refractivity contribution in [2.45, 2.75) is 64.8 Å². The number of nitrogens with zero attached hydrogens (tertiary/aromatic N) is 3. The van der Waals surface area contributed by atoms with Crippen LogP contribution in [0.1, 0.15) is 64.3 Å². The Bertz CT molecular complexity index is 1060. The molecule has 5 heteroatoms. The second-order valence-corrected chi connectivity index (χ2v) is 9.83. The van der Waals surface area contributed by atoms with Crippen molar-refractivity contribution < 1.29 is 9.53 Å². The Kier molecular flexibility index (Phi) is 6.54. The van der Waals surface area contributed by atoms with Crippen molar-refractivity contribution in [3.63, 3.8) is 0 Å². The van der Waals surface area contributed by atoms with E-state index >= 15 is 0 Å². The Balaban J connectivity index is 1.49. The van der Waals surface area contributed by atoms with E-state index in [1.165, 1.54) is 5.56 Å². The first kappa shape index (κ1) is 22.4. The minimum absolute atomic E-state index is 0.132. The summed E-state index contributed by atoms with van der Waals surface area (Å²) in [4.78, 5) is 19.5. The van der Waals surface area contributed by atoms with Crippen molar-refractivity contribution >= 4 is 16.9 Å². The van der Waals surface area contributed by atoms with E-state index in [0.29, 0.717) is 19.6 Å². The first-order valence-corrected chi connectivity index (χ1v) is 11.8. The fourth-order valence-electron chi connectivity index (χ4n) is 4.46. The van der Waals surface area contributed by atoms with Gasteiger partial charge in [0.05, 0.1) is 17.6 Å². The number of unbranched alkanes of at least 4 members (excludes halogenated alkanes) is 1. The first-order chi connectivity index (χ1) is 15.4. The van der Waals surface area contributed by atoms with E-state index < -0.39 is 0 Å². The zero-order chi connectivity index (χ0) is 22.7. The van der Waals surface area contributed by atoms with Crippen molar-refractivity contribution in [3.05, 3.63) is 59.9 Å². The molecule has 4 rings (SSSR count). The van der Waals surface area contributed by atoms with Crippen molar-refractivity contribution in [1.82, 2.24) is 14.5 Å². The normalized spacial score (nSPS) is 16.8. The second kappa shape index (κ2) is 9.35. The molecule has 2 aromatic carbocycles. The molecule has 170 valence electrons. The van der Waals surface area contributed by atoms with Gasteiger partial charge in [-0.2, -0.15) is 0 Å². The Labute approximate surface area is 191 Å². The third-order valence-electron chi connectivity index (χ3n) is 6.35. The number of hydrogen-bond donors (Lipinski definition) is 0. The smallest absolute Gasteiger partial charge is 0.223 e. The SMILES string of the molecule is CCCCN1CC(c2nc3ccccc3n2CCOc2ccc(C(C)(C)C)cc2)CC1=O. The van der Waals surface area contributed by atoms with Crippen molar-refractivity contribution in [2.24, 2.45) is 0 Å². The number of amides is 1. The maximum Gasteiger partial charge on any atom is 0.223 e. The molecule has 1 saturated heterocycles. The molecule has 0 spiro atoms. The summed E-state index contributed by atoms with van der Waals surface area (Å²) in [6.45, 7) is 11.7. The molecule has 5 nitrogen and oxygen atoms in total. The van der Waals surface area contributed by atoms with Crippen molar-refractivity contribution in [2.75, 3.05) is 19.7 Å². The van der Waals surface area contributed by atoms with Gasteiger partial charge >= 0.3 is 0 Å². The number of rotatable bonds is 8. The molecule has 0 saturated carbocycles. The van der Waals surface area contributed by atoms with Gasteiger partial charge < -0.3 is 14.2 Å². The zero-order valence-corrected chi connectivity index (χ0v) is 19.8. The van der Waals surface area contributed by atoms with Crippen LogP contribution in [0.4, 0.5) is 0 Å². The monoisotopic (exact) mass is 433 g/mol. The molecule has 32 heavy (non-hydrogen) atoms. The molecule has 2 heterocycles. The topological polar surface area (TPSA) is 47.4 Å². The van der Waals surface area contributed by atoms with Crippen LogP contribution in [0.25, 0.3) is 11.0 Å². The highest BCUT2D eigenvalue weighted by Crippen LogP contribution is 2.31. The molecular weight excluding hydrogens is 398 g/mol. The summed E-state index contributed by atoms with van der Waals surface area (Å²) >= 11 is 0. The number of ether oxygens (including phenoxy) is 1. The highest BCUT2D eigenvalue weighted by atomic mass is 16.5. The summed E-state index contributed by atoms with van der Waals surface area (Å²) in [5, 5.41) is 0. The fourth-order valence-corrected chi connectivity index (χ4v) is 4.46. The summed E-state index contributed by atoms with van der Waals surface area (Å²) in [5.41, 5.74) is 3.52. The van der Waals surface area contributed by atoms with Gasteiger partial charge in [-0.15, -0.1) is 0 Å². The molecule has 1 fully saturated rings. The van der Waals surface area contributed by atoms with Crippen LogP contribution in [-0.2, 0) is 16.8 Å². The molecule has 1 aliphatic heterocycles. The predicted molar refractivity (Wildman–Crippen MR) is 129 cm³/mol. The summed E-state index contributed by atoms with van der Waals surface area (Å²) < 4.78 is 8.33. The maximum atomic E-state index is 12.6. The van der Waals surface area contributed by atoms with E-state index in [-0.39, 0.29) is 17.2 Å². The van der Waals surface area contributed by atoms with E-state index in [4.69, 9.17) is 9.72 Å². The molecule has 0 aliphatic carbocycles. The number of benzene rings is 2. The highest BCUT2D eigenvalue weighted by molar-refractivity contribution is 5.80. The summed E-state index contributed by atoms with van der Waals surface area (Å²) in [6.07, 6.45) is 2.69. The lowest BCUT2D eigenvalue weighted by Crippen LogP contribution is -2.26. The quantitative estimate of drug-likeness (QED) is 0.469. The largest absolute Gasteiger partial charge is 0.492 e. The molecule has 0 bridgehead atoms. The van der Waals surface area contributed by atoms with Gasteiger partial charge in [-0.3, -0.25) is 4.79 Å². The molecular formula is C27H35N3O2. The molecule has 1 atom stereocenters. The van der Waals surface area contributed by atoms with E-state index in [9.17, 15) is 4.79 Å². The van der Waals surface area contributed by atoms with Gasteiger partial charge in [-0.25, -0.2) is 4.98 Å². The van der Waals surface area contributed by atoms with Gasteiger partial charge in [0.2, 0.25) is 5.91 Å². The number of hydrogen-bond acceptors (Lipinski definition) is 3. The second-order valence-electron chi connectivity index (χ2n) is 9.83. The molecule has 3 aromatic rings. The fraction of sp³-hybridized carbons (Fsp3) is 0.481. The minimum Gasteiger partial charge on any atom is -0.492 e. The van der Waals surface area contributed by atoms with E-state index in [1.807, 2.05) is 23.1 Å². The number of fused-ring (bicyclic) bond motifs is 1. The molecule has 1 amide bonds. The standard InChI is InChI=1S/C27H35N3O2/c1-5-6-15-29-19-20(18-25(29)31)26-28-23-9-7-8-10-24(23)30(26)16-17-32-22-13-11-21(12-14-22)27(2,3)4/h7-14,20H,5-6,15-19H2,1-4H3. The highest BCUT2D eigenvalue weighted by Gasteiger charge is 2.33. The van der Waals surface area contributed by atoms with Crippen LogP contribution in [0.3, 0.4) is 0 Å². The Morgan fingerprint density at radius 3 is 2.53 bits per heavy atom. The van der Waals surface area contributed by atoms with Gasteiger partial charge in [0.1, 0.15) is 18.2 Å². The number of aromatic nitrogens is 2. The van der Waals surface area contributed by atoms with Crippen LogP contribution in [0.15, 0.2) is 48.5 Å². The van der Waals surface area contributed by atoms with Gasteiger partial charge in [0.15, 0.2) is 0 Å². The van der Waals surface area contributed by atoms with E-state index in [0.717, 1.165) is 48.5 Å². The average Bonchev–Trinajstić information content (AvgIpc) is 3.32. The van der Waals surface area contributed by atoms with Crippen molar-refractivity contribution in [3.8, 4) is 5.75 Å². The Morgan fingerprint density at radius 2 is 1.81 bits per heavy atom. The van der Waals surface area contributed by atoms with Crippen LogP contribution in [-0.4, -0.2) is 40.1 Å². The van der Waals surface area contributed by atoms with E-state index in [2.05, 4.69) is 62.6 Å². The van der Waals surface area contributed by atoms with Gasteiger partial charge in [0, 0.05) is 25.4 Å². The Morgan fingerprint density at radius 1 is 1.06 bits per heavy atom. The molecule has 0 radical (unpaired) electrons. The number of para-hydroxylation sites is 2. The predicted octanol–water partition coefficient (Wildman–Crippen LogP) is 5.53. The number of carbonyl (C=O) groups is 1. The van der Waals surface area contributed by atoms with Crippen LogP contribution in [0.2, 0.25) is 0 Å². The summed E-state index contributed by atoms with van der Waals surface area (Å²) in [6, 6.07) is 16.6. The third-order valence-corrected chi connectivity index (χ3v) is 6.35. The van der Waals surface area contributed by atoms with Crippen LogP contribution in [0, 0.1) is 0 Å². The molecule has 0 N–H and O–H groups in total. The van der Waals surface area contributed by atoms with Crippen molar-refractivity contribution in [1.29, 1.82) is 0 Å². The summed E-state index contributed by atoms with van der Waals surface area (Å²) in [7, 11) is 0. The number of imidazole rings is 1. The van der Waals surface area contributed by atoms with Gasteiger partial charge in [0.25, 0.3) is 0 Å². The minimum atomic E-state index is 0.132. The van der Waals surface area contributed by atoms with Crippen LogP contribution < -0.4 is 4.74 Å². The van der Waals surface area contributed by atoms with Gasteiger partial charge in [-0.05, 0) is 41.7 Å². The van der Waals surface area contributed by atoms with E-state index in [1.54, 1.807) is 0 Å². The average molecular weight is 434 g/mol.